The van der Waals surface area contributed by atoms with E-state index in [1.807, 2.05) is 0 Å². The first-order valence-corrected chi connectivity index (χ1v) is 6.29. The third-order valence-electron chi connectivity index (χ3n) is 3.06. The quantitative estimate of drug-likeness (QED) is 0.693. The monoisotopic (exact) mass is 288 g/mol. The number of amides is 1. The Bertz CT molecular complexity index is 671. The summed E-state index contributed by atoms with van der Waals surface area (Å²) in [6, 6.07) is 11.0. The Kier molecular flexibility index (Phi) is 4.27. The zero-order chi connectivity index (χ0) is 15.4. The Morgan fingerprint density at radius 3 is 2.43 bits per heavy atom. The first-order valence-electron chi connectivity index (χ1n) is 6.29. The second-order valence-corrected chi connectivity index (χ2v) is 4.52. The Morgan fingerprint density at radius 2 is 1.81 bits per heavy atom. The van der Waals surface area contributed by atoms with Crippen molar-refractivity contribution in [3.05, 3.63) is 75.6 Å². The second kappa shape index (κ2) is 6.13. The first kappa shape index (κ1) is 14.6. The molecule has 5 nitrogen and oxygen atoms in total. The van der Waals surface area contributed by atoms with Crippen LogP contribution in [0.1, 0.15) is 28.9 Å². The van der Waals surface area contributed by atoms with Gasteiger partial charge in [0.1, 0.15) is 11.4 Å². The van der Waals surface area contributed by atoms with Gasteiger partial charge < -0.3 is 5.32 Å². The number of carbonyl (C=O) groups excluding carboxylic acids is 1. The van der Waals surface area contributed by atoms with Crippen molar-refractivity contribution in [1.82, 2.24) is 5.32 Å². The van der Waals surface area contributed by atoms with Crippen LogP contribution in [-0.2, 0) is 0 Å². The van der Waals surface area contributed by atoms with E-state index in [-0.39, 0.29) is 17.1 Å². The van der Waals surface area contributed by atoms with Gasteiger partial charge in [-0.3, -0.25) is 14.9 Å². The number of halogens is 1. The number of benzene rings is 2. The zero-order valence-electron chi connectivity index (χ0n) is 11.2. The van der Waals surface area contributed by atoms with Crippen LogP contribution in [0, 0.1) is 15.9 Å². The maximum Gasteiger partial charge on any atom is 0.282 e. The molecular formula is C15H13FN2O3. The van der Waals surface area contributed by atoms with Gasteiger partial charge in [0.25, 0.3) is 11.6 Å². The van der Waals surface area contributed by atoms with E-state index in [1.54, 1.807) is 25.1 Å². The van der Waals surface area contributed by atoms with E-state index in [1.165, 1.54) is 30.3 Å². The van der Waals surface area contributed by atoms with Crippen LogP contribution in [0.2, 0.25) is 0 Å². The van der Waals surface area contributed by atoms with Gasteiger partial charge in [-0.05, 0) is 30.7 Å². The third-order valence-corrected chi connectivity index (χ3v) is 3.06. The summed E-state index contributed by atoms with van der Waals surface area (Å²) in [6.45, 7) is 1.72. The number of nitrogens with zero attached hydrogens (tertiary/aromatic N) is 1. The van der Waals surface area contributed by atoms with Gasteiger partial charge in [0, 0.05) is 6.07 Å². The molecular weight excluding hydrogens is 275 g/mol. The van der Waals surface area contributed by atoms with E-state index in [0.717, 1.165) is 0 Å². The van der Waals surface area contributed by atoms with E-state index in [2.05, 4.69) is 5.32 Å². The van der Waals surface area contributed by atoms with Crippen molar-refractivity contribution in [2.75, 3.05) is 0 Å². The molecule has 2 aromatic carbocycles. The number of nitro groups is 1. The van der Waals surface area contributed by atoms with Crippen LogP contribution in [0.4, 0.5) is 10.1 Å². The zero-order valence-corrected chi connectivity index (χ0v) is 11.2. The van der Waals surface area contributed by atoms with Gasteiger partial charge in [0.05, 0.1) is 11.0 Å². The van der Waals surface area contributed by atoms with E-state index in [9.17, 15) is 19.3 Å². The molecule has 0 heterocycles. The summed E-state index contributed by atoms with van der Waals surface area (Å²) >= 11 is 0. The lowest BCUT2D eigenvalue weighted by molar-refractivity contribution is -0.385. The molecule has 2 aromatic rings. The SMILES string of the molecule is C[C@H](NC(=O)c1ccccc1[N+](=O)[O-])c1ccc(F)cc1. The van der Waals surface area contributed by atoms with Crippen LogP contribution in [0.5, 0.6) is 0 Å². The van der Waals surface area contributed by atoms with Gasteiger partial charge in [-0.15, -0.1) is 0 Å². The number of rotatable bonds is 4. The maximum absolute atomic E-state index is 12.9. The van der Waals surface area contributed by atoms with Crippen molar-refractivity contribution in [2.24, 2.45) is 0 Å². The molecule has 6 heteroatoms. The van der Waals surface area contributed by atoms with Crippen LogP contribution >= 0.6 is 0 Å². The number of para-hydroxylation sites is 1. The molecule has 1 amide bonds. The average molecular weight is 288 g/mol. The number of hydrogen-bond donors (Lipinski definition) is 1. The lowest BCUT2D eigenvalue weighted by Crippen LogP contribution is -2.27. The summed E-state index contributed by atoms with van der Waals surface area (Å²) < 4.78 is 12.9. The highest BCUT2D eigenvalue weighted by Gasteiger charge is 2.20. The first-order chi connectivity index (χ1) is 9.99. The molecule has 1 N–H and O–H groups in total. The molecule has 1 atom stereocenters. The molecule has 0 aliphatic carbocycles. The van der Waals surface area contributed by atoms with Gasteiger partial charge >= 0.3 is 0 Å². The van der Waals surface area contributed by atoms with Crippen molar-refractivity contribution < 1.29 is 14.1 Å². The minimum absolute atomic E-state index is 0.00328. The molecule has 0 aliphatic rings. The number of nitrogens with one attached hydrogen (secondary N) is 1. The average Bonchev–Trinajstić information content (AvgIpc) is 2.47. The van der Waals surface area contributed by atoms with Gasteiger partial charge in [-0.25, -0.2) is 4.39 Å². The predicted molar refractivity (Wildman–Crippen MR) is 75.4 cm³/mol. The molecule has 108 valence electrons. The van der Waals surface area contributed by atoms with Crippen molar-refractivity contribution in [3.63, 3.8) is 0 Å². The summed E-state index contributed by atoms with van der Waals surface area (Å²) in [5.41, 5.74) is 0.459. The second-order valence-electron chi connectivity index (χ2n) is 4.52. The highest BCUT2D eigenvalue weighted by molar-refractivity contribution is 5.98. The summed E-state index contributed by atoms with van der Waals surface area (Å²) in [5, 5.41) is 13.6. The number of hydrogen-bond acceptors (Lipinski definition) is 3. The van der Waals surface area contributed by atoms with Crippen molar-refractivity contribution in [1.29, 1.82) is 0 Å². The van der Waals surface area contributed by atoms with E-state index in [4.69, 9.17) is 0 Å². The lowest BCUT2D eigenvalue weighted by Gasteiger charge is -2.14. The van der Waals surface area contributed by atoms with Gasteiger partial charge in [0.2, 0.25) is 0 Å². The van der Waals surface area contributed by atoms with Gasteiger partial charge in [0.15, 0.2) is 0 Å². The number of nitro benzene ring substituents is 1. The lowest BCUT2D eigenvalue weighted by atomic mass is 10.1. The van der Waals surface area contributed by atoms with Crippen molar-refractivity contribution in [3.8, 4) is 0 Å². The molecule has 0 aliphatic heterocycles. The largest absolute Gasteiger partial charge is 0.345 e. The molecule has 0 radical (unpaired) electrons. The normalized spacial score (nSPS) is 11.7. The molecule has 21 heavy (non-hydrogen) atoms. The van der Waals surface area contributed by atoms with Gasteiger partial charge in [-0.1, -0.05) is 24.3 Å². The van der Waals surface area contributed by atoms with Crippen LogP contribution < -0.4 is 5.32 Å². The van der Waals surface area contributed by atoms with Crippen molar-refractivity contribution in [2.45, 2.75) is 13.0 Å². The minimum Gasteiger partial charge on any atom is -0.345 e. The molecule has 0 saturated heterocycles. The summed E-state index contributed by atoms with van der Waals surface area (Å²) in [7, 11) is 0. The molecule has 0 aromatic heterocycles. The predicted octanol–water partition coefficient (Wildman–Crippen LogP) is 3.22. The molecule has 0 spiro atoms. The number of carbonyl (C=O) groups is 1. The van der Waals surface area contributed by atoms with Crippen LogP contribution in [0.15, 0.2) is 48.5 Å². The minimum atomic E-state index is -0.600. The Morgan fingerprint density at radius 1 is 1.19 bits per heavy atom. The molecule has 2 rings (SSSR count). The van der Waals surface area contributed by atoms with E-state index >= 15 is 0 Å². The highest BCUT2D eigenvalue weighted by atomic mass is 19.1. The fraction of sp³-hybridized carbons (Fsp3) is 0.133. The molecule has 0 saturated carbocycles. The highest BCUT2D eigenvalue weighted by Crippen LogP contribution is 2.19. The Hall–Kier alpha value is -2.76. The Balaban J connectivity index is 2.18. The van der Waals surface area contributed by atoms with Crippen LogP contribution in [-0.4, -0.2) is 10.8 Å². The standard InChI is InChI=1S/C15H13FN2O3/c1-10(11-6-8-12(16)9-7-11)17-15(19)13-4-2-3-5-14(13)18(20)21/h2-10H,1H3,(H,17,19)/t10-/m0/s1. The van der Waals surface area contributed by atoms with E-state index in [0.29, 0.717) is 5.56 Å². The summed E-state index contributed by atoms with van der Waals surface area (Å²) in [4.78, 5) is 22.4. The third kappa shape index (κ3) is 3.42. The smallest absolute Gasteiger partial charge is 0.282 e. The van der Waals surface area contributed by atoms with Gasteiger partial charge in [-0.2, -0.15) is 0 Å². The molecule has 0 unspecified atom stereocenters. The fourth-order valence-electron chi connectivity index (χ4n) is 1.93. The summed E-state index contributed by atoms with van der Waals surface area (Å²) in [5.74, 6) is -0.907. The topological polar surface area (TPSA) is 72.2 Å². The van der Waals surface area contributed by atoms with E-state index < -0.39 is 16.9 Å². The summed E-state index contributed by atoms with van der Waals surface area (Å²) in [6.07, 6.45) is 0. The maximum atomic E-state index is 12.9. The van der Waals surface area contributed by atoms with Crippen LogP contribution in [0.3, 0.4) is 0 Å². The van der Waals surface area contributed by atoms with Crippen molar-refractivity contribution >= 4 is 11.6 Å². The molecule has 0 bridgehead atoms. The van der Waals surface area contributed by atoms with Crippen LogP contribution in [0.25, 0.3) is 0 Å². The molecule has 0 fully saturated rings. The fourth-order valence-corrected chi connectivity index (χ4v) is 1.93. The Labute approximate surface area is 120 Å².